The van der Waals surface area contributed by atoms with Gasteiger partial charge in [-0.3, -0.25) is 4.79 Å². The molecule has 5 nitrogen and oxygen atoms in total. The predicted molar refractivity (Wildman–Crippen MR) is 96.8 cm³/mol. The van der Waals surface area contributed by atoms with Crippen LogP contribution in [0.4, 0.5) is 0 Å². The molecule has 0 spiro atoms. The summed E-state index contributed by atoms with van der Waals surface area (Å²) in [7, 11) is 0. The molecule has 0 bridgehead atoms. The molecule has 1 heterocycles. The first kappa shape index (κ1) is 17.5. The predicted octanol–water partition coefficient (Wildman–Crippen LogP) is 4.40. The smallest absolute Gasteiger partial charge is 0.253 e. The van der Waals surface area contributed by atoms with E-state index in [-0.39, 0.29) is 11.9 Å². The number of aromatic nitrogens is 2. The van der Waals surface area contributed by atoms with Crippen LogP contribution in [0.15, 0.2) is 53.1 Å². The SMILES string of the molecule is CC(Cc1nc(-c2ccccc2)no1)NC(=O)c1cc(Cl)ccc1Cl. The molecule has 0 saturated carbocycles. The van der Waals surface area contributed by atoms with Crippen molar-refractivity contribution in [3.05, 3.63) is 70.0 Å². The molecule has 1 aromatic heterocycles. The zero-order valence-electron chi connectivity index (χ0n) is 13.4. The fraction of sp³-hybridized carbons (Fsp3) is 0.167. The molecular formula is C18H15Cl2N3O2. The van der Waals surface area contributed by atoms with Crippen LogP contribution in [0.3, 0.4) is 0 Å². The highest BCUT2D eigenvalue weighted by Gasteiger charge is 2.17. The minimum Gasteiger partial charge on any atom is -0.349 e. The van der Waals surface area contributed by atoms with E-state index in [0.29, 0.717) is 33.7 Å². The van der Waals surface area contributed by atoms with E-state index in [4.69, 9.17) is 27.7 Å². The second-order valence-corrected chi connectivity index (χ2v) is 6.42. The molecule has 1 atom stereocenters. The lowest BCUT2D eigenvalue weighted by Crippen LogP contribution is -2.34. The molecule has 25 heavy (non-hydrogen) atoms. The second-order valence-electron chi connectivity index (χ2n) is 5.58. The van der Waals surface area contributed by atoms with Gasteiger partial charge < -0.3 is 9.84 Å². The molecule has 3 rings (SSSR count). The van der Waals surface area contributed by atoms with E-state index in [1.54, 1.807) is 12.1 Å². The summed E-state index contributed by atoms with van der Waals surface area (Å²) in [4.78, 5) is 16.7. The van der Waals surface area contributed by atoms with Crippen molar-refractivity contribution in [3.63, 3.8) is 0 Å². The van der Waals surface area contributed by atoms with E-state index < -0.39 is 0 Å². The zero-order chi connectivity index (χ0) is 17.8. The van der Waals surface area contributed by atoms with E-state index in [9.17, 15) is 4.79 Å². The number of hydrogen-bond acceptors (Lipinski definition) is 4. The van der Waals surface area contributed by atoms with Gasteiger partial charge in [-0.15, -0.1) is 0 Å². The first-order chi connectivity index (χ1) is 12.0. The Balaban J connectivity index is 1.65. The standard InChI is InChI=1S/C18H15Cl2N3O2/c1-11(21-18(24)14-10-13(19)7-8-15(14)20)9-16-22-17(23-25-16)12-5-3-2-4-6-12/h2-8,10-11H,9H2,1H3,(H,21,24). The molecule has 0 saturated heterocycles. The van der Waals surface area contributed by atoms with Gasteiger partial charge in [0.1, 0.15) is 0 Å². The van der Waals surface area contributed by atoms with Gasteiger partial charge in [0, 0.05) is 23.0 Å². The molecule has 0 radical (unpaired) electrons. The maximum absolute atomic E-state index is 12.3. The van der Waals surface area contributed by atoms with Crippen molar-refractivity contribution in [2.75, 3.05) is 0 Å². The van der Waals surface area contributed by atoms with E-state index in [1.165, 1.54) is 6.07 Å². The number of halogens is 2. The Hall–Kier alpha value is -2.37. The van der Waals surface area contributed by atoms with Crippen LogP contribution in [0.1, 0.15) is 23.2 Å². The van der Waals surface area contributed by atoms with Crippen LogP contribution in [0.25, 0.3) is 11.4 Å². The summed E-state index contributed by atoms with van der Waals surface area (Å²) in [5.74, 6) is 0.665. The van der Waals surface area contributed by atoms with Gasteiger partial charge in [-0.05, 0) is 25.1 Å². The van der Waals surface area contributed by atoms with Crippen molar-refractivity contribution in [1.29, 1.82) is 0 Å². The molecule has 128 valence electrons. The molecule has 0 aliphatic heterocycles. The van der Waals surface area contributed by atoms with E-state index in [2.05, 4.69) is 15.5 Å². The fourth-order valence-corrected chi connectivity index (χ4v) is 2.70. The van der Waals surface area contributed by atoms with Gasteiger partial charge >= 0.3 is 0 Å². The third-order valence-electron chi connectivity index (χ3n) is 3.53. The Kier molecular flexibility index (Phi) is 5.36. The van der Waals surface area contributed by atoms with Crippen LogP contribution < -0.4 is 5.32 Å². The lowest BCUT2D eigenvalue weighted by Gasteiger charge is -2.12. The van der Waals surface area contributed by atoms with Gasteiger partial charge in [-0.25, -0.2) is 0 Å². The minimum atomic E-state index is -0.303. The van der Waals surface area contributed by atoms with Gasteiger partial charge in [0.2, 0.25) is 11.7 Å². The average molecular weight is 376 g/mol. The molecule has 0 aliphatic carbocycles. The summed E-state index contributed by atoms with van der Waals surface area (Å²) >= 11 is 12.0. The Morgan fingerprint density at radius 3 is 2.72 bits per heavy atom. The van der Waals surface area contributed by atoms with Gasteiger partial charge in [0.25, 0.3) is 5.91 Å². The molecular weight excluding hydrogens is 361 g/mol. The van der Waals surface area contributed by atoms with Crippen molar-refractivity contribution < 1.29 is 9.32 Å². The molecule has 1 amide bonds. The van der Waals surface area contributed by atoms with Crippen molar-refractivity contribution in [3.8, 4) is 11.4 Å². The fourth-order valence-electron chi connectivity index (χ4n) is 2.33. The topological polar surface area (TPSA) is 68.0 Å². The Bertz CT molecular complexity index is 881. The Labute approximate surface area is 155 Å². The number of nitrogens with one attached hydrogen (secondary N) is 1. The summed E-state index contributed by atoms with van der Waals surface area (Å²) in [6.07, 6.45) is 0.407. The molecule has 7 heteroatoms. The molecule has 1 N–H and O–H groups in total. The Morgan fingerprint density at radius 1 is 1.20 bits per heavy atom. The third-order valence-corrected chi connectivity index (χ3v) is 4.10. The third kappa shape index (κ3) is 4.38. The molecule has 0 fully saturated rings. The summed E-state index contributed by atoms with van der Waals surface area (Å²) in [6.45, 7) is 1.85. The summed E-state index contributed by atoms with van der Waals surface area (Å²) < 4.78 is 5.26. The summed E-state index contributed by atoms with van der Waals surface area (Å²) in [6, 6.07) is 14.1. The number of carbonyl (C=O) groups excluding carboxylic acids is 1. The highest BCUT2D eigenvalue weighted by Crippen LogP contribution is 2.21. The largest absolute Gasteiger partial charge is 0.349 e. The van der Waals surface area contributed by atoms with E-state index >= 15 is 0 Å². The monoisotopic (exact) mass is 375 g/mol. The van der Waals surface area contributed by atoms with Gasteiger partial charge in [0.05, 0.1) is 10.6 Å². The molecule has 0 aliphatic rings. The highest BCUT2D eigenvalue weighted by atomic mass is 35.5. The second kappa shape index (κ2) is 7.68. The van der Waals surface area contributed by atoms with Crippen LogP contribution in [-0.4, -0.2) is 22.1 Å². The first-order valence-electron chi connectivity index (χ1n) is 7.67. The number of hydrogen-bond donors (Lipinski definition) is 1. The van der Waals surface area contributed by atoms with Crippen molar-refractivity contribution in [2.24, 2.45) is 0 Å². The van der Waals surface area contributed by atoms with E-state index in [1.807, 2.05) is 37.3 Å². The van der Waals surface area contributed by atoms with Crippen LogP contribution in [0.5, 0.6) is 0 Å². The maximum atomic E-state index is 12.3. The van der Waals surface area contributed by atoms with Crippen molar-refractivity contribution in [1.82, 2.24) is 15.5 Å². The van der Waals surface area contributed by atoms with Gasteiger partial charge in [-0.2, -0.15) is 4.98 Å². The number of nitrogens with zero attached hydrogens (tertiary/aromatic N) is 2. The number of benzene rings is 2. The van der Waals surface area contributed by atoms with Crippen LogP contribution in [0, 0.1) is 0 Å². The lowest BCUT2D eigenvalue weighted by atomic mass is 10.1. The Morgan fingerprint density at radius 2 is 1.96 bits per heavy atom. The number of rotatable bonds is 5. The molecule has 3 aromatic rings. The number of carbonyl (C=O) groups is 1. The van der Waals surface area contributed by atoms with Gasteiger partial charge in [-0.1, -0.05) is 58.7 Å². The normalized spacial score (nSPS) is 12.0. The van der Waals surface area contributed by atoms with Crippen LogP contribution >= 0.6 is 23.2 Å². The lowest BCUT2D eigenvalue weighted by molar-refractivity contribution is 0.0939. The molecule has 2 aromatic carbocycles. The van der Waals surface area contributed by atoms with Crippen molar-refractivity contribution in [2.45, 2.75) is 19.4 Å². The highest BCUT2D eigenvalue weighted by molar-refractivity contribution is 6.35. The average Bonchev–Trinajstić information content (AvgIpc) is 3.06. The minimum absolute atomic E-state index is 0.216. The zero-order valence-corrected chi connectivity index (χ0v) is 14.9. The number of amides is 1. The first-order valence-corrected chi connectivity index (χ1v) is 8.42. The maximum Gasteiger partial charge on any atom is 0.253 e. The molecule has 1 unspecified atom stereocenters. The summed E-state index contributed by atoms with van der Waals surface area (Å²) in [5, 5.41) is 7.61. The van der Waals surface area contributed by atoms with Crippen molar-refractivity contribution >= 4 is 29.1 Å². The summed E-state index contributed by atoms with van der Waals surface area (Å²) in [5.41, 5.74) is 1.21. The van der Waals surface area contributed by atoms with Crippen LogP contribution in [0.2, 0.25) is 10.0 Å². The van der Waals surface area contributed by atoms with Gasteiger partial charge in [0.15, 0.2) is 0 Å². The van der Waals surface area contributed by atoms with E-state index in [0.717, 1.165) is 5.56 Å². The van der Waals surface area contributed by atoms with Crippen LogP contribution in [-0.2, 0) is 6.42 Å². The quantitative estimate of drug-likeness (QED) is 0.717.